The Morgan fingerprint density at radius 3 is 2.45 bits per heavy atom. The van der Waals surface area contributed by atoms with Crippen molar-refractivity contribution in [2.45, 2.75) is 33.2 Å². The molecule has 2 aromatic carbocycles. The first kappa shape index (κ1) is 22.8. The first-order chi connectivity index (χ1) is 15.8. The average Bonchev–Trinajstić information content (AvgIpc) is 2.81. The van der Waals surface area contributed by atoms with Crippen molar-refractivity contribution in [3.05, 3.63) is 93.4 Å². The van der Waals surface area contributed by atoms with Crippen LogP contribution in [0.5, 0.6) is 0 Å². The van der Waals surface area contributed by atoms with Gasteiger partial charge in [0.1, 0.15) is 5.82 Å². The number of carbonyl (C=O) groups excluding carboxylic acids is 3. The van der Waals surface area contributed by atoms with Crippen molar-refractivity contribution in [2.24, 2.45) is 5.92 Å². The number of halogens is 1. The van der Waals surface area contributed by atoms with Crippen molar-refractivity contribution < 1.29 is 19.1 Å². The summed E-state index contributed by atoms with van der Waals surface area (Å²) in [6.07, 6.45) is 0.294. The molecule has 0 saturated carbocycles. The fourth-order valence-corrected chi connectivity index (χ4v) is 4.62. The van der Waals surface area contributed by atoms with Crippen molar-refractivity contribution in [3.63, 3.8) is 0 Å². The smallest absolute Gasteiger partial charge is 0.338 e. The van der Waals surface area contributed by atoms with Gasteiger partial charge in [0.2, 0.25) is 5.91 Å². The Kier molecular flexibility index (Phi) is 6.38. The van der Waals surface area contributed by atoms with Crippen LogP contribution in [-0.2, 0) is 14.3 Å². The SMILES string of the molecule is CCOC(=O)C1=C(C)NC2=C(C(=O)c3ccccc3)CC(C)C(=O)N2C1c1ccccc1Cl. The third-order valence-electron chi connectivity index (χ3n) is 5.94. The van der Waals surface area contributed by atoms with E-state index in [1.807, 2.05) is 6.07 Å². The number of hydrogen-bond acceptors (Lipinski definition) is 5. The van der Waals surface area contributed by atoms with Gasteiger partial charge >= 0.3 is 5.97 Å². The van der Waals surface area contributed by atoms with Crippen LogP contribution in [0.3, 0.4) is 0 Å². The van der Waals surface area contributed by atoms with Gasteiger partial charge in [-0.15, -0.1) is 0 Å². The zero-order valence-corrected chi connectivity index (χ0v) is 19.5. The number of hydrogen-bond donors (Lipinski definition) is 1. The maximum Gasteiger partial charge on any atom is 0.338 e. The molecule has 2 aromatic rings. The first-order valence-electron chi connectivity index (χ1n) is 10.9. The molecule has 1 amide bonds. The zero-order valence-electron chi connectivity index (χ0n) is 18.7. The quantitative estimate of drug-likeness (QED) is 0.509. The van der Waals surface area contributed by atoms with E-state index in [1.165, 1.54) is 4.90 Å². The number of amides is 1. The maximum absolute atomic E-state index is 13.5. The Labute approximate surface area is 197 Å². The first-order valence-corrected chi connectivity index (χ1v) is 11.3. The number of nitrogens with one attached hydrogen (secondary N) is 1. The second-order valence-electron chi connectivity index (χ2n) is 8.14. The van der Waals surface area contributed by atoms with E-state index in [1.54, 1.807) is 69.3 Å². The summed E-state index contributed by atoms with van der Waals surface area (Å²) < 4.78 is 5.33. The molecule has 6 nitrogen and oxygen atoms in total. The van der Waals surface area contributed by atoms with Gasteiger partial charge in [-0.25, -0.2) is 4.79 Å². The molecule has 7 heteroatoms. The highest BCUT2D eigenvalue weighted by Gasteiger charge is 2.46. The topological polar surface area (TPSA) is 75.7 Å². The number of fused-ring (bicyclic) bond motifs is 1. The monoisotopic (exact) mass is 464 g/mol. The lowest BCUT2D eigenvalue weighted by atomic mass is 9.85. The van der Waals surface area contributed by atoms with Gasteiger partial charge in [0, 0.05) is 27.8 Å². The summed E-state index contributed by atoms with van der Waals surface area (Å²) >= 11 is 6.55. The maximum atomic E-state index is 13.5. The Balaban J connectivity index is 1.96. The van der Waals surface area contributed by atoms with E-state index in [0.717, 1.165) is 0 Å². The van der Waals surface area contributed by atoms with Crippen LogP contribution in [0.25, 0.3) is 0 Å². The van der Waals surface area contributed by atoms with Crippen molar-refractivity contribution >= 4 is 29.3 Å². The molecular weight excluding hydrogens is 440 g/mol. The van der Waals surface area contributed by atoms with E-state index < -0.39 is 17.9 Å². The lowest BCUT2D eigenvalue weighted by Gasteiger charge is -2.44. The summed E-state index contributed by atoms with van der Waals surface area (Å²) in [6.45, 7) is 5.45. The van der Waals surface area contributed by atoms with Crippen LogP contribution in [0, 0.1) is 5.92 Å². The summed E-state index contributed by atoms with van der Waals surface area (Å²) in [5.74, 6) is -0.949. The number of allylic oxidation sites excluding steroid dienone is 2. The molecule has 0 aliphatic carbocycles. The summed E-state index contributed by atoms with van der Waals surface area (Å²) in [7, 11) is 0. The molecule has 2 unspecified atom stereocenters. The van der Waals surface area contributed by atoms with Crippen molar-refractivity contribution in [1.29, 1.82) is 0 Å². The van der Waals surface area contributed by atoms with Crippen LogP contribution in [-0.4, -0.2) is 29.2 Å². The highest BCUT2D eigenvalue weighted by Crippen LogP contribution is 2.44. The van der Waals surface area contributed by atoms with Gasteiger partial charge in [-0.2, -0.15) is 0 Å². The van der Waals surface area contributed by atoms with Gasteiger partial charge in [0.25, 0.3) is 0 Å². The molecule has 2 atom stereocenters. The van der Waals surface area contributed by atoms with Crippen molar-refractivity contribution in [2.75, 3.05) is 6.61 Å². The molecule has 0 bridgehead atoms. The van der Waals surface area contributed by atoms with Gasteiger partial charge in [-0.05, 0) is 31.9 Å². The Hall–Kier alpha value is -3.38. The Morgan fingerprint density at radius 2 is 1.79 bits per heavy atom. The minimum atomic E-state index is -0.817. The fraction of sp³-hybridized carbons (Fsp3) is 0.269. The summed E-state index contributed by atoms with van der Waals surface area (Å²) in [6, 6.07) is 15.2. The lowest BCUT2D eigenvalue weighted by Crippen LogP contribution is -2.51. The molecule has 0 aromatic heterocycles. The molecule has 0 fully saturated rings. The van der Waals surface area contributed by atoms with Crippen LogP contribution in [0.15, 0.2) is 77.3 Å². The number of Topliss-reactive ketones (excluding diaryl/α,β-unsaturated/α-hetero) is 1. The van der Waals surface area contributed by atoms with Crippen molar-refractivity contribution in [3.8, 4) is 0 Å². The molecular formula is C26H25ClN2O4. The molecule has 0 spiro atoms. The highest BCUT2D eigenvalue weighted by atomic mass is 35.5. The van der Waals surface area contributed by atoms with Gasteiger partial charge in [-0.3, -0.25) is 14.5 Å². The number of benzene rings is 2. The largest absolute Gasteiger partial charge is 0.463 e. The highest BCUT2D eigenvalue weighted by molar-refractivity contribution is 6.31. The van der Waals surface area contributed by atoms with Gasteiger partial charge < -0.3 is 10.1 Å². The third kappa shape index (κ3) is 4.07. The summed E-state index contributed by atoms with van der Waals surface area (Å²) in [5.41, 5.74) is 2.44. The van der Waals surface area contributed by atoms with Crippen LogP contribution in [0.4, 0.5) is 0 Å². The van der Waals surface area contributed by atoms with E-state index in [0.29, 0.717) is 45.2 Å². The van der Waals surface area contributed by atoms with Crippen LogP contribution < -0.4 is 5.32 Å². The van der Waals surface area contributed by atoms with Crippen LogP contribution >= 0.6 is 11.6 Å². The molecule has 4 rings (SSSR count). The van der Waals surface area contributed by atoms with E-state index in [-0.39, 0.29) is 18.3 Å². The molecule has 2 aliphatic heterocycles. The van der Waals surface area contributed by atoms with E-state index in [2.05, 4.69) is 5.32 Å². The predicted octanol–water partition coefficient (Wildman–Crippen LogP) is 4.78. The minimum Gasteiger partial charge on any atom is -0.463 e. The molecule has 2 aliphatic rings. The second kappa shape index (κ2) is 9.24. The number of ether oxygens (including phenoxy) is 1. The summed E-state index contributed by atoms with van der Waals surface area (Å²) in [4.78, 5) is 41.5. The van der Waals surface area contributed by atoms with Gasteiger partial charge in [0.05, 0.1) is 18.2 Å². The third-order valence-corrected chi connectivity index (χ3v) is 6.29. The van der Waals surface area contributed by atoms with Gasteiger partial charge in [0.15, 0.2) is 5.78 Å². The molecule has 170 valence electrons. The fourth-order valence-electron chi connectivity index (χ4n) is 4.38. The number of esters is 1. The molecule has 33 heavy (non-hydrogen) atoms. The number of ketones is 1. The van der Waals surface area contributed by atoms with E-state index in [4.69, 9.17) is 16.3 Å². The normalized spacial score (nSPS) is 20.4. The minimum absolute atomic E-state index is 0.159. The predicted molar refractivity (Wildman–Crippen MR) is 125 cm³/mol. The zero-order chi connectivity index (χ0) is 23.7. The molecule has 0 radical (unpaired) electrons. The average molecular weight is 465 g/mol. The lowest BCUT2D eigenvalue weighted by molar-refractivity contribution is -0.141. The Bertz CT molecular complexity index is 1190. The van der Waals surface area contributed by atoms with Gasteiger partial charge in [-0.1, -0.05) is 67.1 Å². The number of rotatable bonds is 5. The van der Waals surface area contributed by atoms with E-state index in [9.17, 15) is 14.4 Å². The van der Waals surface area contributed by atoms with E-state index >= 15 is 0 Å². The number of nitrogens with zero attached hydrogens (tertiary/aromatic N) is 1. The van der Waals surface area contributed by atoms with Crippen LogP contribution in [0.1, 0.15) is 49.2 Å². The van der Waals surface area contributed by atoms with Crippen LogP contribution in [0.2, 0.25) is 5.02 Å². The standard InChI is InChI=1S/C26H25ClN2O4/c1-4-33-26(32)21-16(3)28-24-19(23(30)17-10-6-5-7-11-17)14-15(2)25(31)29(24)22(21)18-12-8-9-13-20(18)27/h5-13,15,22,28H,4,14H2,1-3H3. The van der Waals surface area contributed by atoms with Crippen molar-refractivity contribution in [1.82, 2.24) is 10.2 Å². The Morgan fingerprint density at radius 1 is 1.12 bits per heavy atom. The summed E-state index contributed by atoms with van der Waals surface area (Å²) in [5, 5.41) is 3.60. The molecule has 2 heterocycles. The molecule has 1 N–H and O–H groups in total. The molecule has 0 saturated heterocycles. The number of carbonyl (C=O) groups is 3. The second-order valence-corrected chi connectivity index (χ2v) is 8.55.